The SMILES string of the molecule is CC(N)C(Oc1cc(F)cc(Br)c1)c1ccco1. The Bertz CT molecular complexity index is 493. The number of ether oxygens (including phenoxy) is 1. The first kappa shape index (κ1) is 13.1. The van der Waals surface area contributed by atoms with Crippen LogP contribution < -0.4 is 10.5 Å². The van der Waals surface area contributed by atoms with Crippen LogP contribution in [0.4, 0.5) is 4.39 Å². The molecule has 0 aliphatic rings. The molecule has 2 rings (SSSR count). The number of benzene rings is 1. The smallest absolute Gasteiger partial charge is 0.171 e. The fourth-order valence-electron chi connectivity index (χ4n) is 1.62. The third-order valence-electron chi connectivity index (χ3n) is 2.40. The summed E-state index contributed by atoms with van der Waals surface area (Å²) in [6, 6.07) is 7.61. The van der Waals surface area contributed by atoms with Crippen LogP contribution in [-0.4, -0.2) is 6.04 Å². The summed E-state index contributed by atoms with van der Waals surface area (Å²) in [6.07, 6.45) is 1.10. The van der Waals surface area contributed by atoms with E-state index < -0.39 is 6.10 Å². The minimum atomic E-state index is -0.450. The van der Waals surface area contributed by atoms with Gasteiger partial charge in [0.1, 0.15) is 17.3 Å². The average Bonchev–Trinajstić information content (AvgIpc) is 2.77. The highest BCUT2D eigenvalue weighted by Gasteiger charge is 2.21. The van der Waals surface area contributed by atoms with Crippen LogP contribution >= 0.6 is 15.9 Å². The largest absolute Gasteiger partial charge is 0.481 e. The van der Waals surface area contributed by atoms with Crippen molar-refractivity contribution in [2.75, 3.05) is 0 Å². The monoisotopic (exact) mass is 313 g/mol. The normalized spacial score (nSPS) is 14.2. The molecule has 0 aliphatic carbocycles. The molecule has 1 aromatic heterocycles. The van der Waals surface area contributed by atoms with Gasteiger partial charge in [-0.1, -0.05) is 15.9 Å². The van der Waals surface area contributed by atoms with Crippen molar-refractivity contribution in [2.24, 2.45) is 5.73 Å². The first-order valence-electron chi connectivity index (χ1n) is 5.48. The molecule has 2 atom stereocenters. The van der Waals surface area contributed by atoms with Gasteiger partial charge in [-0.3, -0.25) is 0 Å². The summed E-state index contributed by atoms with van der Waals surface area (Å²) in [6.45, 7) is 1.81. The van der Waals surface area contributed by atoms with Crippen LogP contribution in [0.1, 0.15) is 18.8 Å². The Hall–Kier alpha value is -1.33. The van der Waals surface area contributed by atoms with Gasteiger partial charge in [0.25, 0.3) is 0 Å². The second kappa shape index (κ2) is 5.54. The maximum absolute atomic E-state index is 13.3. The molecule has 96 valence electrons. The van der Waals surface area contributed by atoms with Crippen molar-refractivity contribution in [3.63, 3.8) is 0 Å². The van der Waals surface area contributed by atoms with Crippen molar-refractivity contribution in [3.05, 3.63) is 52.6 Å². The predicted octanol–water partition coefficient (Wildman–Crippen LogP) is 3.65. The number of furan rings is 1. The fraction of sp³-hybridized carbons (Fsp3) is 0.231. The van der Waals surface area contributed by atoms with Crippen LogP contribution in [0.3, 0.4) is 0 Å². The molecule has 2 unspecified atom stereocenters. The van der Waals surface area contributed by atoms with Crippen molar-refractivity contribution in [2.45, 2.75) is 19.1 Å². The van der Waals surface area contributed by atoms with Gasteiger partial charge < -0.3 is 14.9 Å². The average molecular weight is 314 g/mol. The molecule has 1 aromatic carbocycles. The summed E-state index contributed by atoms with van der Waals surface area (Å²) < 4.78 is 24.8. The zero-order chi connectivity index (χ0) is 13.1. The maximum atomic E-state index is 13.3. The number of nitrogens with two attached hydrogens (primary N) is 1. The molecule has 0 fully saturated rings. The van der Waals surface area contributed by atoms with Crippen molar-refractivity contribution in [3.8, 4) is 5.75 Å². The van der Waals surface area contributed by atoms with E-state index in [1.54, 1.807) is 24.5 Å². The summed E-state index contributed by atoms with van der Waals surface area (Å²) in [4.78, 5) is 0. The van der Waals surface area contributed by atoms with E-state index in [0.29, 0.717) is 16.0 Å². The van der Waals surface area contributed by atoms with E-state index in [0.717, 1.165) is 0 Å². The van der Waals surface area contributed by atoms with Crippen molar-refractivity contribution in [1.29, 1.82) is 0 Å². The molecule has 5 heteroatoms. The van der Waals surface area contributed by atoms with E-state index in [-0.39, 0.29) is 11.9 Å². The van der Waals surface area contributed by atoms with Crippen molar-refractivity contribution in [1.82, 2.24) is 0 Å². The predicted molar refractivity (Wildman–Crippen MR) is 69.8 cm³/mol. The molecule has 1 heterocycles. The van der Waals surface area contributed by atoms with Crippen LogP contribution in [0, 0.1) is 5.82 Å². The van der Waals surface area contributed by atoms with Gasteiger partial charge in [0, 0.05) is 16.6 Å². The Morgan fingerprint density at radius 1 is 1.39 bits per heavy atom. The van der Waals surface area contributed by atoms with Crippen LogP contribution in [0.25, 0.3) is 0 Å². The van der Waals surface area contributed by atoms with Crippen LogP contribution in [0.15, 0.2) is 45.5 Å². The summed E-state index contributed by atoms with van der Waals surface area (Å²) >= 11 is 3.21. The summed E-state index contributed by atoms with van der Waals surface area (Å²) in [5.41, 5.74) is 5.86. The highest BCUT2D eigenvalue weighted by molar-refractivity contribution is 9.10. The van der Waals surface area contributed by atoms with Gasteiger partial charge in [0.05, 0.1) is 6.26 Å². The molecule has 0 spiro atoms. The summed E-state index contributed by atoms with van der Waals surface area (Å²) in [5.74, 6) is 0.646. The number of rotatable bonds is 4. The summed E-state index contributed by atoms with van der Waals surface area (Å²) in [5, 5.41) is 0. The van der Waals surface area contributed by atoms with Crippen molar-refractivity contribution < 1.29 is 13.5 Å². The number of halogens is 2. The Morgan fingerprint density at radius 3 is 2.72 bits per heavy atom. The molecule has 18 heavy (non-hydrogen) atoms. The zero-order valence-corrected chi connectivity index (χ0v) is 11.4. The molecule has 0 aliphatic heterocycles. The van der Waals surface area contributed by atoms with E-state index >= 15 is 0 Å². The molecular formula is C13H13BrFNO2. The van der Waals surface area contributed by atoms with Crippen LogP contribution in [0.2, 0.25) is 0 Å². The highest BCUT2D eigenvalue weighted by Crippen LogP contribution is 2.27. The molecule has 0 saturated carbocycles. The van der Waals surface area contributed by atoms with Gasteiger partial charge in [-0.15, -0.1) is 0 Å². The quantitative estimate of drug-likeness (QED) is 0.937. The van der Waals surface area contributed by atoms with E-state index in [1.807, 2.05) is 6.92 Å². The van der Waals surface area contributed by atoms with Gasteiger partial charge >= 0.3 is 0 Å². The molecule has 0 saturated heterocycles. The lowest BCUT2D eigenvalue weighted by atomic mass is 10.1. The van der Waals surface area contributed by atoms with Crippen LogP contribution in [0.5, 0.6) is 5.75 Å². The fourth-order valence-corrected chi connectivity index (χ4v) is 2.07. The second-order valence-electron chi connectivity index (χ2n) is 4.02. The van der Waals surface area contributed by atoms with Gasteiger partial charge in [-0.05, 0) is 31.2 Å². The first-order chi connectivity index (χ1) is 8.56. The second-order valence-corrected chi connectivity index (χ2v) is 4.93. The van der Waals surface area contributed by atoms with Gasteiger partial charge in [-0.25, -0.2) is 4.39 Å². The first-order valence-corrected chi connectivity index (χ1v) is 6.27. The Kier molecular flexibility index (Phi) is 4.04. The lowest BCUT2D eigenvalue weighted by molar-refractivity contribution is 0.152. The highest BCUT2D eigenvalue weighted by atomic mass is 79.9. The molecule has 3 nitrogen and oxygen atoms in total. The van der Waals surface area contributed by atoms with E-state index in [4.69, 9.17) is 14.9 Å². The van der Waals surface area contributed by atoms with E-state index in [2.05, 4.69) is 15.9 Å². The molecule has 0 amide bonds. The Labute approximate surface area is 113 Å². The molecule has 2 N–H and O–H groups in total. The molecule has 2 aromatic rings. The minimum absolute atomic E-state index is 0.279. The molecule has 0 radical (unpaired) electrons. The lowest BCUT2D eigenvalue weighted by Gasteiger charge is -2.20. The van der Waals surface area contributed by atoms with Crippen molar-refractivity contribution >= 4 is 15.9 Å². The standard InChI is InChI=1S/C13H13BrFNO2/c1-8(16)13(12-3-2-4-17-12)18-11-6-9(14)5-10(15)7-11/h2-8,13H,16H2,1H3. The summed E-state index contributed by atoms with van der Waals surface area (Å²) in [7, 11) is 0. The number of hydrogen-bond acceptors (Lipinski definition) is 3. The lowest BCUT2D eigenvalue weighted by Crippen LogP contribution is -2.28. The van der Waals surface area contributed by atoms with E-state index in [9.17, 15) is 4.39 Å². The van der Waals surface area contributed by atoms with Gasteiger partial charge in [0.15, 0.2) is 6.10 Å². The Balaban J connectivity index is 2.24. The Morgan fingerprint density at radius 2 is 2.17 bits per heavy atom. The molecule has 0 bridgehead atoms. The number of hydrogen-bond donors (Lipinski definition) is 1. The third kappa shape index (κ3) is 3.11. The topological polar surface area (TPSA) is 48.4 Å². The minimum Gasteiger partial charge on any atom is -0.481 e. The molecular weight excluding hydrogens is 301 g/mol. The van der Waals surface area contributed by atoms with E-state index in [1.165, 1.54) is 12.1 Å². The van der Waals surface area contributed by atoms with Gasteiger partial charge in [0.2, 0.25) is 0 Å². The van der Waals surface area contributed by atoms with Crippen LogP contribution in [-0.2, 0) is 0 Å². The third-order valence-corrected chi connectivity index (χ3v) is 2.86. The maximum Gasteiger partial charge on any atom is 0.171 e. The van der Waals surface area contributed by atoms with Gasteiger partial charge in [-0.2, -0.15) is 0 Å². The zero-order valence-electron chi connectivity index (χ0n) is 9.77.